The number of para-hydroxylation sites is 1. The van der Waals surface area contributed by atoms with E-state index in [1.54, 1.807) is 12.1 Å². The van der Waals surface area contributed by atoms with E-state index in [9.17, 15) is 10.1 Å². The second-order valence-corrected chi connectivity index (χ2v) is 7.38. The molecule has 1 aromatic heterocycles. The summed E-state index contributed by atoms with van der Waals surface area (Å²) >= 11 is 0. The highest BCUT2D eigenvalue weighted by atomic mass is 16.6. The highest BCUT2D eigenvalue weighted by Gasteiger charge is 2.32. The number of nitro benzene ring substituents is 1. The van der Waals surface area contributed by atoms with Gasteiger partial charge < -0.3 is 4.57 Å². The van der Waals surface area contributed by atoms with Crippen LogP contribution in [-0.4, -0.2) is 9.49 Å². The van der Waals surface area contributed by atoms with E-state index in [0.29, 0.717) is 5.92 Å². The topological polar surface area (TPSA) is 48.1 Å². The second kappa shape index (κ2) is 4.94. The van der Waals surface area contributed by atoms with Crippen LogP contribution in [0.25, 0.3) is 22.0 Å². The molecule has 1 aliphatic rings. The fourth-order valence-corrected chi connectivity index (χ4v) is 4.14. The van der Waals surface area contributed by atoms with Crippen LogP contribution < -0.4 is 0 Å². The molecule has 0 amide bonds. The van der Waals surface area contributed by atoms with Crippen LogP contribution >= 0.6 is 0 Å². The lowest BCUT2D eigenvalue weighted by atomic mass is 9.82. The highest BCUT2D eigenvalue weighted by Crippen LogP contribution is 2.45. The molecule has 122 valence electrons. The molecule has 0 aliphatic carbocycles. The quantitative estimate of drug-likeness (QED) is 0.465. The van der Waals surface area contributed by atoms with Gasteiger partial charge in [-0.1, -0.05) is 25.1 Å². The summed E-state index contributed by atoms with van der Waals surface area (Å²) in [5.74, 6) is 0.524. The minimum atomic E-state index is -0.357. The molecule has 4 nitrogen and oxygen atoms in total. The van der Waals surface area contributed by atoms with Crippen molar-refractivity contribution >= 4 is 16.6 Å². The fraction of sp³-hybridized carbons (Fsp3) is 0.300. The van der Waals surface area contributed by atoms with E-state index < -0.39 is 0 Å². The monoisotopic (exact) mass is 320 g/mol. The van der Waals surface area contributed by atoms with E-state index in [-0.39, 0.29) is 16.1 Å². The number of benzene rings is 2. The Morgan fingerprint density at radius 3 is 2.54 bits per heavy atom. The summed E-state index contributed by atoms with van der Waals surface area (Å²) in [4.78, 5) is 10.5. The molecule has 1 aliphatic heterocycles. The third-order valence-electron chi connectivity index (χ3n) is 5.23. The number of non-ortho nitro benzene ring substituents is 1. The number of nitrogens with zero attached hydrogens (tertiary/aromatic N) is 2. The van der Waals surface area contributed by atoms with Gasteiger partial charge in [0.25, 0.3) is 5.69 Å². The predicted octanol–water partition coefficient (Wildman–Crippen LogP) is 5.46. The summed E-state index contributed by atoms with van der Waals surface area (Å²) in [7, 11) is 0. The van der Waals surface area contributed by atoms with Crippen molar-refractivity contribution in [1.82, 2.24) is 4.57 Å². The number of hydrogen-bond acceptors (Lipinski definition) is 2. The number of rotatable bonds is 2. The molecule has 0 saturated carbocycles. The molecular formula is C20H20N2O2. The summed E-state index contributed by atoms with van der Waals surface area (Å²) in [6, 6.07) is 13.3. The van der Waals surface area contributed by atoms with Crippen molar-refractivity contribution in [1.29, 1.82) is 0 Å². The van der Waals surface area contributed by atoms with E-state index >= 15 is 0 Å². The van der Waals surface area contributed by atoms with Gasteiger partial charge in [-0.05, 0) is 49.4 Å². The molecule has 0 N–H and O–H groups in total. The maximum atomic E-state index is 10.9. The van der Waals surface area contributed by atoms with Crippen molar-refractivity contribution in [2.75, 3.05) is 0 Å². The van der Waals surface area contributed by atoms with Gasteiger partial charge in [0.05, 0.1) is 10.4 Å². The largest absolute Gasteiger partial charge is 0.341 e. The Balaban J connectivity index is 1.97. The molecule has 0 radical (unpaired) electrons. The van der Waals surface area contributed by atoms with E-state index in [4.69, 9.17) is 0 Å². The van der Waals surface area contributed by atoms with Gasteiger partial charge >= 0.3 is 0 Å². The summed E-state index contributed by atoms with van der Waals surface area (Å²) in [6.45, 7) is 6.84. The van der Waals surface area contributed by atoms with Gasteiger partial charge in [0.15, 0.2) is 0 Å². The van der Waals surface area contributed by atoms with Gasteiger partial charge in [-0.2, -0.15) is 0 Å². The molecule has 0 fully saturated rings. The van der Waals surface area contributed by atoms with Crippen molar-refractivity contribution in [2.45, 2.75) is 38.6 Å². The average molecular weight is 320 g/mol. The Kier molecular flexibility index (Phi) is 3.07. The van der Waals surface area contributed by atoms with Crippen LogP contribution in [0.15, 0.2) is 48.7 Å². The van der Waals surface area contributed by atoms with Gasteiger partial charge in [0.1, 0.15) is 0 Å². The van der Waals surface area contributed by atoms with Crippen LogP contribution in [0.4, 0.5) is 5.69 Å². The molecule has 4 rings (SSSR count). The summed E-state index contributed by atoms with van der Waals surface area (Å²) in [5, 5.41) is 12.1. The van der Waals surface area contributed by atoms with E-state index in [2.05, 4.69) is 49.7 Å². The van der Waals surface area contributed by atoms with Crippen molar-refractivity contribution in [3.8, 4) is 11.1 Å². The van der Waals surface area contributed by atoms with Crippen molar-refractivity contribution in [2.24, 2.45) is 0 Å². The molecule has 1 atom stereocenters. The normalized spacial score (nSPS) is 18.7. The minimum absolute atomic E-state index is 0.0606. The van der Waals surface area contributed by atoms with Crippen LogP contribution in [0.2, 0.25) is 0 Å². The van der Waals surface area contributed by atoms with E-state index in [0.717, 1.165) is 17.5 Å². The van der Waals surface area contributed by atoms with Crippen molar-refractivity contribution < 1.29 is 4.92 Å². The first kappa shape index (κ1) is 14.9. The zero-order valence-electron chi connectivity index (χ0n) is 14.1. The van der Waals surface area contributed by atoms with Gasteiger partial charge in [0, 0.05) is 34.8 Å². The predicted molar refractivity (Wildman–Crippen MR) is 96.4 cm³/mol. The molecular weight excluding hydrogens is 300 g/mol. The van der Waals surface area contributed by atoms with Gasteiger partial charge in [-0.3, -0.25) is 10.1 Å². The molecule has 24 heavy (non-hydrogen) atoms. The Hall–Kier alpha value is -2.62. The standard InChI is InChI=1S/C20H20N2O2/c1-13-11-20(2,3)21-12-18(17-6-4-5-16(13)19(17)21)14-7-9-15(10-8-14)22(23)24/h4-10,12-13H,11H2,1-3H3. The van der Waals surface area contributed by atoms with E-state index in [1.165, 1.54) is 16.5 Å². The lowest BCUT2D eigenvalue weighted by molar-refractivity contribution is -0.384. The van der Waals surface area contributed by atoms with Crippen molar-refractivity contribution in [3.63, 3.8) is 0 Å². The fourth-order valence-electron chi connectivity index (χ4n) is 4.14. The maximum absolute atomic E-state index is 10.9. The number of nitro groups is 1. The highest BCUT2D eigenvalue weighted by molar-refractivity contribution is 5.98. The van der Waals surface area contributed by atoms with Crippen LogP contribution in [0.5, 0.6) is 0 Å². The SMILES string of the molecule is CC1CC(C)(C)n2cc(-c3ccc([N+](=O)[O-])cc3)c3cccc1c32. The van der Waals surface area contributed by atoms with Crippen LogP contribution in [0.3, 0.4) is 0 Å². The van der Waals surface area contributed by atoms with Gasteiger partial charge in [-0.15, -0.1) is 0 Å². The summed E-state index contributed by atoms with van der Waals surface area (Å²) < 4.78 is 2.38. The lowest BCUT2D eigenvalue weighted by Crippen LogP contribution is -2.31. The molecule has 2 aromatic carbocycles. The Morgan fingerprint density at radius 1 is 1.17 bits per heavy atom. The van der Waals surface area contributed by atoms with E-state index in [1.807, 2.05) is 12.1 Å². The average Bonchev–Trinajstić information content (AvgIpc) is 2.94. The van der Waals surface area contributed by atoms with Crippen LogP contribution in [0.1, 0.15) is 38.7 Å². The Morgan fingerprint density at radius 2 is 1.88 bits per heavy atom. The summed E-state index contributed by atoms with van der Waals surface area (Å²) in [6.07, 6.45) is 3.31. The molecule has 0 spiro atoms. The third-order valence-corrected chi connectivity index (χ3v) is 5.23. The van der Waals surface area contributed by atoms with Crippen LogP contribution in [0, 0.1) is 10.1 Å². The summed E-state index contributed by atoms with van der Waals surface area (Å²) in [5.41, 5.74) is 5.04. The van der Waals surface area contributed by atoms with Crippen molar-refractivity contribution in [3.05, 3.63) is 64.3 Å². The molecule has 2 heterocycles. The molecule has 0 bridgehead atoms. The minimum Gasteiger partial charge on any atom is -0.341 e. The first-order chi connectivity index (χ1) is 11.4. The lowest BCUT2D eigenvalue weighted by Gasteiger charge is -2.36. The van der Waals surface area contributed by atoms with Gasteiger partial charge in [-0.25, -0.2) is 0 Å². The Labute approximate surface area is 140 Å². The third kappa shape index (κ3) is 2.06. The first-order valence-electron chi connectivity index (χ1n) is 8.28. The first-order valence-corrected chi connectivity index (χ1v) is 8.28. The number of hydrogen-bond donors (Lipinski definition) is 0. The molecule has 1 unspecified atom stereocenters. The Bertz CT molecular complexity index is 952. The molecule has 4 heteroatoms. The van der Waals surface area contributed by atoms with Gasteiger partial charge in [0.2, 0.25) is 0 Å². The maximum Gasteiger partial charge on any atom is 0.269 e. The molecule has 0 saturated heterocycles. The second-order valence-electron chi connectivity index (χ2n) is 7.38. The zero-order valence-corrected chi connectivity index (χ0v) is 14.1. The smallest absolute Gasteiger partial charge is 0.269 e. The zero-order chi connectivity index (χ0) is 17.1. The number of aromatic nitrogens is 1. The molecule has 3 aromatic rings. The van der Waals surface area contributed by atoms with Crippen LogP contribution in [-0.2, 0) is 5.54 Å².